The third-order valence-electron chi connectivity index (χ3n) is 3.11. The summed E-state index contributed by atoms with van der Waals surface area (Å²) >= 11 is 0. The minimum absolute atomic E-state index is 0.0258. The number of nitrogens with zero attached hydrogens (tertiary/aromatic N) is 5. The summed E-state index contributed by atoms with van der Waals surface area (Å²) in [5.41, 5.74) is 1.67. The van der Waals surface area contributed by atoms with Crippen molar-refractivity contribution in [2.24, 2.45) is 0 Å². The summed E-state index contributed by atoms with van der Waals surface area (Å²) in [4.78, 5) is 23.9. The van der Waals surface area contributed by atoms with Crippen LogP contribution in [-0.2, 0) is 6.42 Å². The average Bonchev–Trinajstić information content (AvgIpc) is 3.05. The van der Waals surface area contributed by atoms with Crippen LogP contribution in [0.4, 0.5) is 0 Å². The Morgan fingerprint density at radius 3 is 2.64 bits per heavy atom. The minimum Gasteiger partial charge on any atom is -0.476 e. The highest BCUT2D eigenvalue weighted by Gasteiger charge is 2.11. The fourth-order valence-electron chi connectivity index (χ4n) is 1.98. The molecule has 1 N–H and O–H groups in total. The van der Waals surface area contributed by atoms with Crippen LogP contribution in [0.15, 0.2) is 42.9 Å². The highest BCUT2D eigenvalue weighted by molar-refractivity contribution is 5.85. The van der Waals surface area contributed by atoms with E-state index in [4.69, 9.17) is 5.11 Å². The van der Waals surface area contributed by atoms with Gasteiger partial charge in [-0.2, -0.15) is 5.10 Å². The molecule has 0 amide bonds. The summed E-state index contributed by atoms with van der Waals surface area (Å²) in [6.07, 6.45) is 5.66. The van der Waals surface area contributed by atoms with Crippen molar-refractivity contribution in [3.05, 3.63) is 54.2 Å². The van der Waals surface area contributed by atoms with Gasteiger partial charge in [0.1, 0.15) is 0 Å². The number of rotatable bonds is 4. The molecule has 110 valence electrons. The Labute approximate surface area is 126 Å². The van der Waals surface area contributed by atoms with Crippen molar-refractivity contribution in [2.45, 2.75) is 13.3 Å². The minimum atomic E-state index is -1.07. The summed E-state index contributed by atoms with van der Waals surface area (Å²) in [6, 6.07) is 6.88. The lowest BCUT2D eigenvalue weighted by molar-refractivity contribution is 0.0690. The van der Waals surface area contributed by atoms with Gasteiger partial charge in [-0.3, -0.25) is 4.98 Å². The molecule has 0 radical (unpaired) electrons. The van der Waals surface area contributed by atoms with E-state index < -0.39 is 5.97 Å². The maximum absolute atomic E-state index is 10.9. The molecule has 3 aromatic rings. The Balaban J connectivity index is 2.09. The highest BCUT2D eigenvalue weighted by Crippen LogP contribution is 2.17. The first-order valence-electron chi connectivity index (χ1n) is 6.75. The van der Waals surface area contributed by atoms with E-state index in [-0.39, 0.29) is 5.69 Å². The largest absolute Gasteiger partial charge is 0.476 e. The van der Waals surface area contributed by atoms with Crippen molar-refractivity contribution in [2.75, 3.05) is 0 Å². The Bertz CT molecular complexity index is 814. The molecule has 3 heterocycles. The SMILES string of the molecule is CCc1cc(-n2ccc(C(=O)O)n2)nc(-c2ccncc2)n1. The number of aromatic carboxylic acids is 1. The molecule has 0 aliphatic heterocycles. The molecule has 0 aliphatic carbocycles. The van der Waals surface area contributed by atoms with Crippen LogP contribution in [0.1, 0.15) is 23.1 Å². The molecular formula is C15H13N5O2. The molecule has 0 bridgehead atoms. The third kappa shape index (κ3) is 2.69. The van der Waals surface area contributed by atoms with Gasteiger partial charge in [-0.15, -0.1) is 0 Å². The standard InChI is InChI=1S/C15H13N5O2/c1-2-11-9-13(20-8-5-12(19-20)15(21)22)18-14(17-11)10-3-6-16-7-4-10/h3-9H,2H2,1H3,(H,21,22). The number of hydrogen-bond acceptors (Lipinski definition) is 5. The van der Waals surface area contributed by atoms with Gasteiger partial charge in [0.05, 0.1) is 0 Å². The van der Waals surface area contributed by atoms with Crippen molar-refractivity contribution >= 4 is 5.97 Å². The maximum Gasteiger partial charge on any atom is 0.356 e. The molecule has 0 saturated carbocycles. The number of aromatic nitrogens is 5. The van der Waals surface area contributed by atoms with Crippen LogP contribution in [0, 0.1) is 0 Å². The number of carbonyl (C=O) groups is 1. The van der Waals surface area contributed by atoms with Crippen molar-refractivity contribution in [1.82, 2.24) is 24.7 Å². The molecule has 7 nitrogen and oxygen atoms in total. The zero-order valence-corrected chi connectivity index (χ0v) is 11.8. The van der Waals surface area contributed by atoms with Crippen LogP contribution in [-0.4, -0.2) is 35.8 Å². The first kappa shape index (κ1) is 13.9. The Morgan fingerprint density at radius 1 is 1.23 bits per heavy atom. The second kappa shape index (κ2) is 5.72. The number of pyridine rings is 1. The van der Waals surface area contributed by atoms with Gasteiger partial charge in [-0.25, -0.2) is 19.4 Å². The molecule has 0 unspecified atom stereocenters. The van der Waals surface area contributed by atoms with E-state index in [0.29, 0.717) is 11.6 Å². The van der Waals surface area contributed by atoms with Gasteiger partial charge in [0.25, 0.3) is 0 Å². The van der Waals surface area contributed by atoms with Crippen molar-refractivity contribution in [1.29, 1.82) is 0 Å². The molecule has 0 spiro atoms. The van der Waals surface area contributed by atoms with Crippen LogP contribution < -0.4 is 0 Å². The molecule has 3 rings (SSSR count). The van der Waals surface area contributed by atoms with Gasteiger partial charge < -0.3 is 5.11 Å². The van der Waals surface area contributed by atoms with Crippen LogP contribution in [0.2, 0.25) is 0 Å². The van der Waals surface area contributed by atoms with Gasteiger partial charge >= 0.3 is 5.97 Å². The van der Waals surface area contributed by atoms with Crippen LogP contribution >= 0.6 is 0 Å². The Hall–Kier alpha value is -3.09. The number of aryl methyl sites for hydroxylation is 1. The topological polar surface area (TPSA) is 93.8 Å². The van der Waals surface area contributed by atoms with Gasteiger partial charge in [0, 0.05) is 35.9 Å². The summed E-state index contributed by atoms with van der Waals surface area (Å²) < 4.78 is 1.44. The van der Waals surface area contributed by atoms with E-state index in [1.807, 2.05) is 19.1 Å². The summed E-state index contributed by atoms with van der Waals surface area (Å²) in [7, 11) is 0. The van der Waals surface area contributed by atoms with Gasteiger partial charge in [-0.1, -0.05) is 6.92 Å². The van der Waals surface area contributed by atoms with E-state index in [1.54, 1.807) is 24.7 Å². The van der Waals surface area contributed by atoms with E-state index in [0.717, 1.165) is 17.7 Å². The average molecular weight is 295 g/mol. The van der Waals surface area contributed by atoms with Crippen molar-refractivity contribution < 1.29 is 9.90 Å². The molecule has 0 fully saturated rings. The Morgan fingerprint density at radius 2 is 2.00 bits per heavy atom. The van der Waals surface area contributed by atoms with Crippen molar-refractivity contribution in [3.8, 4) is 17.2 Å². The molecular weight excluding hydrogens is 282 g/mol. The quantitative estimate of drug-likeness (QED) is 0.791. The Kier molecular flexibility index (Phi) is 3.61. The van der Waals surface area contributed by atoms with Gasteiger partial charge in [0.15, 0.2) is 17.3 Å². The fourth-order valence-corrected chi connectivity index (χ4v) is 1.98. The van der Waals surface area contributed by atoms with E-state index >= 15 is 0 Å². The lowest BCUT2D eigenvalue weighted by Crippen LogP contribution is -2.06. The second-order valence-electron chi connectivity index (χ2n) is 4.58. The highest BCUT2D eigenvalue weighted by atomic mass is 16.4. The zero-order valence-electron chi connectivity index (χ0n) is 11.8. The molecule has 0 aliphatic rings. The third-order valence-corrected chi connectivity index (χ3v) is 3.11. The zero-order chi connectivity index (χ0) is 15.5. The molecule has 7 heteroatoms. The van der Waals surface area contributed by atoms with E-state index in [2.05, 4.69) is 20.1 Å². The smallest absolute Gasteiger partial charge is 0.356 e. The number of hydrogen-bond donors (Lipinski definition) is 1. The molecule has 0 aromatic carbocycles. The number of carboxylic acids is 1. The first-order chi connectivity index (χ1) is 10.7. The molecule has 0 saturated heterocycles. The fraction of sp³-hybridized carbons (Fsp3) is 0.133. The normalized spacial score (nSPS) is 10.6. The summed E-state index contributed by atoms with van der Waals surface area (Å²) in [5.74, 6) is 0.0214. The summed E-state index contributed by atoms with van der Waals surface area (Å²) in [6.45, 7) is 1.99. The molecule has 3 aromatic heterocycles. The van der Waals surface area contributed by atoms with E-state index in [1.165, 1.54) is 10.7 Å². The predicted molar refractivity (Wildman–Crippen MR) is 78.7 cm³/mol. The van der Waals surface area contributed by atoms with Crippen LogP contribution in [0.25, 0.3) is 17.2 Å². The first-order valence-corrected chi connectivity index (χ1v) is 6.75. The summed E-state index contributed by atoms with van der Waals surface area (Å²) in [5, 5.41) is 13.0. The lowest BCUT2D eigenvalue weighted by atomic mass is 10.2. The predicted octanol–water partition coefficient (Wildman–Crippen LogP) is 1.98. The monoisotopic (exact) mass is 295 g/mol. The van der Waals surface area contributed by atoms with Crippen LogP contribution in [0.5, 0.6) is 0 Å². The molecule has 0 atom stereocenters. The number of carboxylic acid groups (broad SMARTS) is 1. The van der Waals surface area contributed by atoms with Crippen molar-refractivity contribution in [3.63, 3.8) is 0 Å². The van der Waals surface area contributed by atoms with E-state index in [9.17, 15) is 4.79 Å². The lowest BCUT2D eigenvalue weighted by Gasteiger charge is -2.07. The van der Waals surface area contributed by atoms with Crippen LogP contribution in [0.3, 0.4) is 0 Å². The second-order valence-corrected chi connectivity index (χ2v) is 4.58. The molecule has 22 heavy (non-hydrogen) atoms. The van der Waals surface area contributed by atoms with Gasteiger partial charge in [0.2, 0.25) is 0 Å². The van der Waals surface area contributed by atoms with Gasteiger partial charge in [-0.05, 0) is 24.6 Å². The maximum atomic E-state index is 10.9.